The molecule has 0 heterocycles. The first-order chi connectivity index (χ1) is 11.7. The molecule has 3 aliphatic rings. The summed E-state index contributed by atoms with van der Waals surface area (Å²) in [5.74, 6) is 1.70. The molecule has 1 fully saturated rings. The third-order valence-electron chi connectivity index (χ3n) is 6.61. The molecule has 2 bridgehead atoms. The van der Waals surface area contributed by atoms with Gasteiger partial charge < -0.3 is 0 Å². The van der Waals surface area contributed by atoms with Gasteiger partial charge in [-0.1, -0.05) is 55.8 Å². The van der Waals surface area contributed by atoms with E-state index in [0.717, 1.165) is 12.8 Å². The third-order valence-corrected chi connectivity index (χ3v) is 6.61. The Balaban J connectivity index is 1.69. The lowest BCUT2D eigenvalue weighted by atomic mass is 9.62. The van der Waals surface area contributed by atoms with Crippen molar-refractivity contribution >= 4 is 16.6 Å². The zero-order valence-electron chi connectivity index (χ0n) is 14.3. The summed E-state index contributed by atoms with van der Waals surface area (Å²) < 4.78 is 0. The molecule has 0 aromatic heterocycles. The summed E-state index contributed by atoms with van der Waals surface area (Å²) in [6.07, 6.45) is 10.9. The topological polar surface area (TPSA) is 17.1 Å². The van der Waals surface area contributed by atoms with Crippen molar-refractivity contribution in [2.24, 2.45) is 11.8 Å². The van der Waals surface area contributed by atoms with E-state index in [-0.39, 0.29) is 5.41 Å². The summed E-state index contributed by atoms with van der Waals surface area (Å²) in [7, 11) is 0. The molecule has 0 saturated heterocycles. The van der Waals surface area contributed by atoms with Gasteiger partial charge in [-0.05, 0) is 58.6 Å². The smallest absolute Gasteiger partial charge is 0.138 e. The maximum Gasteiger partial charge on any atom is 0.138 e. The normalized spacial score (nSPS) is 30.5. The Morgan fingerprint density at radius 3 is 2.79 bits per heavy atom. The summed E-state index contributed by atoms with van der Waals surface area (Å²) in [5, 5.41) is 2.65. The van der Waals surface area contributed by atoms with E-state index in [1.54, 1.807) is 0 Å². The predicted octanol–water partition coefficient (Wildman–Crippen LogP) is 5.14. The summed E-state index contributed by atoms with van der Waals surface area (Å²) >= 11 is 0. The van der Waals surface area contributed by atoms with Crippen molar-refractivity contribution in [3.8, 4) is 0 Å². The summed E-state index contributed by atoms with van der Waals surface area (Å²) in [6.45, 7) is 2.22. The van der Waals surface area contributed by atoms with Gasteiger partial charge in [0, 0.05) is 18.3 Å². The van der Waals surface area contributed by atoms with Crippen molar-refractivity contribution < 1.29 is 4.79 Å². The monoisotopic (exact) mass is 316 g/mol. The number of hydrogen-bond acceptors (Lipinski definition) is 1. The molecular formula is C23H24O. The maximum absolute atomic E-state index is 12.5. The SMILES string of the molecule is CCCc1ccc2cc3c(cc2c1)CC(=O)CC31CC2C=CC1C2. The Kier molecular flexibility index (Phi) is 3.04. The minimum absolute atomic E-state index is 0.0976. The van der Waals surface area contributed by atoms with Crippen LogP contribution in [0.4, 0.5) is 0 Å². The van der Waals surface area contributed by atoms with Crippen LogP contribution >= 0.6 is 0 Å². The highest BCUT2D eigenvalue weighted by molar-refractivity contribution is 5.91. The third kappa shape index (κ3) is 1.97. The Bertz CT molecular complexity index is 875. The molecule has 3 atom stereocenters. The van der Waals surface area contributed by atoms with Crippen LogP contribution < -0.4 is 0 Å². The van der Waals surface area contributed by atoms with Gasteiger partial charge in [-0.25, -0.2) is 0 Å². The number of ketones is 1. The quantitative estimate of drug-likeness (QED) is 0.701. The van der Waals surface area contributed by atoms with E-state index in [2.05, 4.69) is 49.4 Å². The fraction of sp³-hybridized carbons (Fsp3) is 0.435. The zero-order chi connectivity index (χ0) is 16.3. The molecule has 5 rings (SSSR count). The highest BCUT2D eigenvalue weighted by Gasteiger charge is 2.52. The summed E-state index contributed by atoms with van der Waals surface area (Å²) in [4.78, 5) is 12.5. The molecule has 1 spiro atoms. The predicted molar refractivity (Wildman–Crippen MR) is 98.3 cm³/mol. The summed E-state index contributed by atoms with van der Waals surface area (Å²) in [5.41, 5.74) is 4.29. The maximum atomic E-state index is 12.5. The zero-order valence-corrected chi connectivity index (χ0v) is 14.3. The Morgan fingerprint density at radius 2 is 2.04 bits per heavy atom. The van der Waals surface area contributed by atoms with Gasteiger partial charge in [-0.15, -0.1) is 0 Å². The molecule has 24 heavy (non-hydrogen) atoms. The van der Waals surface area contributed by atoms with Gasteiger partial charge >= 0.3 is 0 Å². The highest BCUT2D eigenvalue weighted by atomic mass is 16.1. The highest BCUT2D eigenvalue weighted by Crippen LogP contribution is 2.57. The van der Waals surface area contributed by atoms with Gasteiger partial charge in [0.05, 0.1) is 0 Å². The average molecular weight is 316 g/mol. The number of Topliss-reactive ketones (excluding diaryl/α,β-unsaturated/α-hetero) is 1. The molecule has 1 heteroatoms. The first-order valence-electron chi connectivity index (χ1n) is 9.44. The van der Waals surface area contributed by atoms with Crippen LogP contribution in [-0.2, 0) is 23.1 Å². The second-order valence-electron chi connectivity index (χ2n) is 8.18. The van der Waals surface area contributed by atoms with Crippen LogP contribution in [-0.4, -0.2) is 5.78 Å². The molecule has 122 valence electrons. The second kappa shape index (κ2) is 5.05. The molecular weight excluding hydrogens is 292 g/mol. The number of benzene rings is 2. The van der Waals surface area contributed by atoms with Crippen LogP contribution in [0.1, 0.15) is 49.3 Å². The largest absolute Gasteiger partial charge is 0.299 e. The molecule has 1 nitrogen and oxygen atoms in total. The van der Waals surface area contributed by atoms with Crippen LogP contribution in [0.2, 0.25) is 0 Å². The molecule has 0 N–H and O–H groups in total. The van der Waals surface area contributed by atoms with Crippen LogP contribution in [0.25, 0.3) is 10.8 Å². The van der Waals surface area contributed by atoms with E-state index < -0.39 is 0 Å². The van der Waals surface area contributed by atoms with Crippen molar-refractivity contribution in [1.29, 1.82) is 0 Å². The van der Waals surface area contributed by atoms with Gasteiger partial charge in [0.25, 0.3) is 0 Å². The minimum Gasteiger partial charge on any atom is -0.299 e. The van der Waals surface area contributed by atoms with E-state index in [1.165, 1.54) is 46.7 Å². The fourth-order valence-electron chi connectivity index (χ4n) is 5.64. The molecule has 0 radical (unpaired) electrons. The number of rotatable bonds is 2. The number of carbonyl (C=O) groups is 1. The van der Waals surface area contributed by atoms with Gasteiger partial charge in [0.2, 0.25) is 0 Å². The van der Waals surface area contributed by atoms with Gasteiger partial charge in [-0.3, -0.25) is 4.79 Å². The lowest BCUT2D eigenvalue weighted by Gasteiger charge is -2.40. The fourth-order valence-corrected chi connectivity index (χ4v) is 5.64. The lowest BCUT2D eigenvalue weighted by Crippen LogP contribution is -2.38. The van der Waals surface area contributed by atoms with Crippen molar-refractivity contribution in [2.45, 2.75) is 50.9 Å². The van der Waals surface area contributed by atoms with Crippen LogP contribution in [0.5, 0.6) is 0 Å². The first-order valence-corrected chi connectivity index (χ1v) is 9.44. The number of hydrogen-bond donors (Lipinski definition) is 0. The summed E-state index contributed by atoms with van der Waals surface area (Å²) in [6, 6.07) is 11.6. The molecule has 2 aromatic rings. The molecule has 3 aliphatic carbocycles. The Labute approximate surface area is 143 Å². The Hall–Kier alpha value is -1.89. The van der Waals surface area contributed by atoms with Crippen LogP contribution in [0.15, 0.2) is 42.5 Å². The van der Waals surface area contributed by atoms with E-state index >= 15 is 0 Å². The number of fused-ring (bicyclic) bond motifs is 6. The molecule has 0 amide bonds. The minimum atomic E-state index is 0.0976. The van der Waals surface area contributed by atoms with E-state index in [1.807, 2.05) is 0 Å². The first kappa shape index (κ1) is 14.5. The molecule has 1 saturated carbocycles. The van der Waals surface area contributed by atoms with E-state index in [9.17, 15) is 4.79 Å². The average Bonchev–Trinajstić information content (AvgIpc) is 3.15. The second-order valence-corrected chi connectivity index (χ2v) is 8.18. The number of aryl methyl sites for hydroxylation is 1. The van der Waals surface area contributed by atoms with Crippen molar-refractivity contribution in [3.05, 3.63) is 59.2 Å². The number of carbonyl (C=O) groups excluding carboxylic acids is 1. The van der Waals surface area contributed by atoms with Gasteiger partial charge in [0.1, 0.15) is 5.78 Å². The molecule has 0 aliphatic heterocycles. The number of allylic oxidation sites excluding steroid dienone is 2. The van der Waals surface area contributed by atoms with Crippen molar-refractivity contribution in [1.82, 2.24) is 0 Å². The standard InChI is InChI=1S/C23H24O/c1-2-3-15-4-6-17-12-22-19(10-18(17)8-15)11-21(24)14-23(22)13-16-5-7-20(23)9-16/h4-8,10,12,16,20H,2-3,9,11,13-14H2,1H3. The van der Waals surface area contributed by atoms with Crippen LogP contribution in [0, 0.1) is 11.8 Å². The van der Waals surface area contributed by atoms with Crippen LogP contribution in [0.3, 0.4) is 0 Å². The van der Waals surface area contributed by atoms with Crippen molar-refractivity contribution in [3.63, 3.8) is 0 Å². The van der Waals surface area contributed by atoms with E-state index in [4.69, 9.17) is 0 Å². The van der Waals surface area contributed by atoms with Gasteiger partial charge in [-0.2, -0.15) is 0 Å². The van der Waals surface area contributed by atoms with Gasteiger partial charge in [0.15, 0.2) is 0 Å². The van der Waals surface area contributed by atoms with E-state index in [0.29, 0.717) is 24.0 Å². The molecule has 2 aromatic carbocycles. The Morgan fingerprint density at radius 1 is 1.12 bits per heavy atom. The lowest BCUT2D eigenvalue weighted by molar-refractivity contribution is -0.120. The molecule has 3 unspecified atom stereocenters. The van der Waals surface area contributed by atoms with Crippen molar-refractivity contribution in [2.75, 3.05) is 0 Å².